The maximum absolute atomic E-state index is 14.0. The van der Waals surface area contributed by atoms with Crippen LogP contribution in [0.15, 0.2) is 36.4 Å². The second-order valence-corrected chi connectivity index (χ2v) is 10.3. The summed E-state index contributed by atoms with van der Waals surface area (Å²) < 4.78 is 31.6. The lowest BCUT2D eigenvalue weighted by Gasteiger charge is -2.25. The molecule has 3 N–H and O–H groups in total. The second kappa shape index (κ2) is 8.90. The van der Waals surface area contributed by atoms with Crippen molar-refractivity contribution in [1.29, 1.82) is 0 Å². The quantitative estimate of drug-likeness (QED) is 0.302. The molecule has 1 fully saturated rings. The van der Waals surface area contributed by atoms with Crippen LogP contribution >= 0.6 is 30.7 Å². The molecule has 32 heavy (non-hydrogen) atoms. The molecule has 1 saturated carbocycles. The van der Waals surface area contributed by atoms with Gasteiger partial charge < -0.3 is 19.5 Å². The Balaban J connectivity index is 1.75. The molecule has 1 aromatic heterocycles. The van der Waals surface area contributed by atoms with Gasteiger partial charge in [-0.3, -0.25) is 4.79 Å². The highest BCUT2D eigenvalue weighted by atomic mass is 35.5. The van der Waals surface area contributed by atoms with E-state index in [2.05, 4.69) is 10.1 Å². The van der Waals surface area contributed by atoms with Gasteiger partial charge in [-0.25, -0.2) is 9.55 Å². The van der Waals surface area contributed by atoms with Crippen LogP contribution in [-0.2, 0) is 20.5 Å². The Kier molecular flexibility index (Phi) is 6.36. The Hall–Kier alpha value is -2.32. The molecule has 1 aliphatic rings. The number of fused-ring (bicyclic) bond motifs is 1. The van der Waals surface area contributed by atoms with Crippen molar-refractivity contribution in [2.45, 2.75) is 38.6 Å². The zero-order valence-electron chi connectivity index (χ0n) is 17.6. The van der Waals surface area contributed by atoms with Crippen molar-refractivity contribution in [3.05, 3.63) is 47.0 Å². The smallest absolute Gasteiger partial charge is 0.465 e. The Morgan fingerprint density at radius 3 is 2.62 bits per heavy atom. The molecule has 8 nitrogen and oxygen atoms in total. The van der Waals surface area contributed by atoms with Crippen LogP contribution in [0.3, 0.4) is 0 Å². The maximum Gasteiger partial charge on any atom is 0.513 e. The van der Waals surface area contributed by atoms with Crippen LogP contribution in [-0.4, -0.2) is 23.1 Å². The van der Waals surface area contributed by atoms with Gasteiger partial charge in [-0.1, -0.05) is 48.1 Å². The number of nitrogens with one attached hydrogen (secondary N) is 1. The van der Waals surface area contributed by atoms with Crippen molar-refractivity contribution in [2.75, 3.05) is 12.3 Å². The fourth-order valence-electron chi connectivity index (χ4n) is 3.32. The number of thiazole rings is 1. The molecule has 0 amide bonds. The summed E-state index contributed by atoms with van der Waals surface area (Å²) in [4.78, 5) is 16.8. The lowest BCUT2D eigenvalue weighted by atomic mass is 10.1. The molecule has 2 aromatic carbocycles. The van der Waals surface area contributed by atoms with Crippen LogP contribution in [0, 0.1) is 0 Å². The molecule has 0 radical (unpaired) electrons. The Morgan fingerprint density at radius 1 is 1.28 bits per heavy atom. The Bertz CT molecular complexity index is 1200. The fourth-order valence-corrected chi connectivity index (χ4v) is 6.43. The van der Waals surface area contributed by atoms with E-state index in [1.54, 1.807) is 43.3 Å². The number of aryl methyl sites for hydroxylation is 1. The first-order valence-electron chi connectivity index (χ1n) is 10.2. The summed E-state index contributed by atoms with van der Waals surface area (Å²) in [6.07, 6.45) is 1.57. The molecular formula is C21H23ClN3O5PS. The number of nitrogen functional groups attached to an aromatic ring is 1. The molecule has 11 heteroatoms. The SMILES string of the molecule is CCOC(=O)C1(NP(=O)(Oc2ccccc2)Oc2cc(Cl)c(CC)c3sc(N)nc23)CC1. The van der Waals surface area contributed by atoms with Crippen molar-refractivity contribution in [2.24, 2.45) is 0 Å². The molecular weight excluding hydrogens is 473 g/mol. The summed E-state index contributed by atoms with van der Waals surface area (Å²) in [7, 11) is -4.12. The van der Waals surface area contributed by atoms with E-state index in [4.69, 9.17) is 31.1 Å². The number of rotatable bonds is 9. The summed E-state index contributed by atoms with van der Waals surface area (Å²) in [5, 5.41) is 3.59. The van der Waals surface area contributed by atoms with E-state index in [0.717, 1.165) is 10.3 Å². The number of nitrogens with two attached hydrogens (primary N) is 1. The van der Waals surface area contributed by atoms with Crippen molar-refractivity contribution in [3.63, 3.8) is 0 Å². The first kappa shape index (κ1) is 22.9. The molecule has 3 aromatic rings. The van der Waals surface area contributed by atoms with Crippen LogP contribution in [0.1, 0.15) is 32.3 Å². The zero-order valence-corrected chi connectivity index (χ0v) is 20.1. The van der Waals surface area contributed by atoms with E-state index < -0.39 is 19.3 Å². The van der Waals surface area contributed by atoms with Crippen molar-refractivity contribution in [3.8, 4) is 11.5 Å². The Labute approximate surface area is 194 Å². The van der Waals surface area contributed by atoms with E-state index in [1.807, 2.05) is 6.92 Å². The molecule has 1 unspecified atom stereocenters. The lowest BCUT2D eigenvalue weighted by molar-refractivity contribution is -0.146. The molecule has 1 aliphatic carbocycles. The van der Waals surface area contributed by atoms with Crippen LogP contribution in [0.2, 0.25) is 5.02 Å². The highest BCUT2D eigenvalue weighted by Gasteiger charge is 2.57. The van der Waals surface area contributed by atoms with Gasteiger partial charge in [-0.15, -0.1) is 0 Å². The number of para-hydroxylation sites is 1. The van der Waals surface area contributed by atoms with Gasteiger partial charge in [0.25, 0.3) is 0 Å². The predicted octanol–water partition coefficient (Wildman–Crippen LogP) is 5.35. The third kappa shape index (κ3) is 4.57. The minimum absolute atomic E-state index is 0.154. The molecule has 0 aliphatic heterocycles. The number of halogens is 1. The summed E-state index contributed by atoms with van der Waals surface area (Å²) in [5.41, 5.74) is 6.12. The van der Waals surface area contributed by atoms with Crippen LogP contribution in [0.25, 0.3) is 10.2 Å². The highest BCUT2D eigenvalue weighted by molar-refractivity contribution is 7.52. The summed E-state index contributed by atoms with van der Waals surface area (Å²) >= 11 is 7.75. The van der Waals surface area contributed by atoms with E-state index >= 15 is 0 Å². The minimum atomic E-state index is -4.12. The summed E-state index contributed by atoms with van der Waals surface area (Å²) in [5.74, 6) is -0.0298. The summed E-state index contributed by atoms with van der Waals surface area (Å²) in [6, 6.07) is 10.1. The number of carbonyl (C=O) groups excluding carboxylic acids is 1. The highest BCUT2D eigenvalue weighted by Crippen LogP contribution is 2.54. The first-order chi connectivity index (χ1) is 15.3. The normalized spacial score (nSPS) is 16.3. The number of hydrogen-bond acceptors (Lipinski definition) is 8. The van der Waals surface area contributed by atoms with Gasteiger partial charge in [0.1, 0.15) is 16.8 Å². The third-order valence-electron chi connectivity index (χ3n) is 5.01. The van der Waals surface area contributed by atoms with Gasteiger partial charge in [0.2, 0.25) is 0 Å². The largest absolute Gasteiger partial charge is 0.513 e. The van der Waals surface area contributed by atoms with Gasteiger partial charge in [-0.2, -0.15) is 5.09 Å². The van der Waals surface area contributed by atoms with Crippen molar-refractivity contribution >= 4 is 52.0 Å². The zero-order chi connectivity index (χ0) is 22.9. The molecule has 1 atom stereocenters. The van der Waals surface area contributed by atoms with Gasteiger partial charge in [-0.05, 0) is 43.9 Å². The summed E-state index contributed by atoms with van der Waals surface area (Å²) in [6.45, 7) is 3.89. The number of ether oxygens (including phenoxy) is 1. The topological polar surface area (TPSA) is 113 Å². The Morgan fingerprint density at radius 2 is 2.00 bits per heavy atom. The predicted molar refractivity (Wildman–Crippen MR) is 125 cm³/mol. The monoisotopic (exact) mass is 495 g/mol. The number of carbonyl (C=O) groups is 1. The molecule has 1 heterocycles. The molecule has 0 spiro atoms. The minimum Gasteiger partial charge on any atom is -0.465 e. The number of nitrogens with zero attached hydrogens (tertiary/aromatic N) is 1. The van der Waals surface area contributed by atoms with E-state index in [-0.39, 0.29) is 12.4 Å². The van der Waals surface area contributed by atoms with Gasteiger partial charge in [0.15, 0.2) is 10.9 Å². The fraction of sp³-hybridized carbons (Fsp3) is 0.333. The second-order valence-electron chi connectivity index (χ2n) is 7.33. The number of esters is 1. The lowest BCUT2D eigenvalue weighted by Crippen LogP contribution is -2.40. The average Bonchev–Trinajstić information content (AvgIpc) is 3.41. The van der Waals surface area contributed by atoms with E-state index in [0.29, 0.717) is 40.7 Å². The van der Waals surface area contributed by atoms with Gasteiger partial charge in [0, 0.05) is 11.1 Å². The standard InChI is InChI=1S/C21H23ClN3O5PS/c1-3-14-15(22)12-16(17-18(14)32-20(23)24-17)30-31(27,29-13-8-6-5-7-9-13)25-21(10-11-21)19(26)28-4-2/h5-9,12H,3-4,10-11H2,1-2H3,(H2,23,24)(H,25,27). The molecule has 0 saturated heterocycles. The van der Waals surface area contributed by atoms with Crippen molar-refractivity contribution < 1.29 is 23.1 Å². The number of benzene rings is 2. The van der Waals surface area contributed by atoms with E-state index in [9.17, 15) is 9.36 Å². The maximum atomic E-state index is 14.0. The van der Waals surface area contributed by atoms with Crippen molar-refractivity contribution in [1.82, 2.24) is 10.1 Å². The molecule has 170 valence electrons. The van der Waals surface area contributed by atoms with Crippen LogP contribution in [0.4, 0.5) is 5.13 Å². The third-order valence-corrected chi connectivity index (χ3v) is 7.88. The van der Waals surface area contributed by atoms with Crippen LogP contribution < -0.4 is 19.9 Å². The van der Waals surface area contributed by atoms with E-state index in [1.165, 1.54) is 11.3 Å². The van der Waals surface area contributed by atoms with Gasteiger partial charge >= 0.3 is 13.7 Å². The number of aromatic nitrogens is 1. The molecule has 4 rings (SSSR count). The average molecular weight is 496 g/mol. The number of hydrogen-bond donors (Lipinski definition) is 2. The number of anilines is 1. The van der Waals surface area contributed by atoms with Crippen LogP contribution in [0.5, 0.6) is 11.5 Å². The van der Waals surface area contributed by atoms with Gasteiger partial charge in [0.05, 0.1) is 11.3 Å². The first-order valence-corrected chi connectivity index (χ1v) is 12.9. The molecule has 0 bridgehead atoms.